The summed E-state index contributed by atoms with van der Waals surface area (Å²) in [4.78, 5) is 31.4. The van der Waals surface area contributed by atoms with Crippen LogP contribution in [0.3, 0.4) is 0 Å². The van der Waals surface area contributed by atoms with Crippen LogP contribution >= 0.6 is 34.7 Å². The quantitative estimate of drug-likeness (QED) is 0.185. The molecule has 8 heteroatoms. The van der Waals surface area contributed by atoms with E-state index in [4.69, 9.17) is 16.6 Å². The van der Waals surface area contributed by atoms with Crippen molar-refractivity contribution in [3.8, 4) is 11.1 Å². The number of carbonyl (C=O) groups excluding carboxylic acids is 1. The van der Waals surface area contributed by atoms with E-state index in [1.165, 1.54) is 23.1 Å². The molecule has 0 aliphatic carbocycles. The molecule has 0 saturated carbocycles. The number of amides is 1. The van der Waals surface area contributed by atoms with Gasteiger partial charge < -0.3 is 5.32 Å². The highest BCUT2D eigenvalue weighted by Gasteiger charge is 2.18. The molecule has 168 valence electrons. The molecular weight excluding hydrogens is 474 g/mol. The molecule has 0 radical (unpaired) electrons. The predicted molar refractivity (Wildman–Crippen MR) is 140 cm³/mol. The summed E-state index contributed by atoms with van der Waals surface area (Å²) in [6.07, 6.45) is 1.66. The average Bonchev–Trinajstić information content (AvgIpc) is 3.22. The van der Waals surface area contributed by atoms with Crippen LogP contribution in [0.15, 0.2) is 70.5 Å². The topological polar surface area (TPSA) is 64.0 Å². The molecule has 1 N–H and O–H groups in total. The van der Waals surface area contributed by atoms with E-state index < -0.39 is 0 Å². The number of thiophene rings is 1. The van der Waals surface area contributed by atoms with Gasteiger partial charge in [-0.15, -0.1) is 17.9 Å². The Hall–Kier alpha value is -2.87. The fourth-order valence-corrected chi connectivity index (χ4v) is 5.78. The van der Waals surface area contributed by atoms with E-state index in [1.54, 1.807) is 10.6 Å². The minimum absolute atomic E-state index is 0.0929. The van der Waals surface area contributed by atoms with Crippen LogP contribution in [0.1, 0.15) is 11.1 Å². The Morgan fingerprint density at radius 2 is 2.03 bits per heavy atom. The van der Waals surface area contributed by atoms with Gasteiger partial charge in [0.2, 0.25) is 5.91 Å². The summed E-state index contributed by atoms with van der Waals surface area (Å²) in [6.45, 7) is 7.94. The van der Waals surface area contributed by atoms with E-state index in [1.807, 2.05) is 61.7 Å². The van der Waals surface area contributed by atoms with Crippen LogP contribution in [0.5, 0.6) is 0 Å². The zero-order valence-electron chi connectivity index (χ0n) is 18.2. The first-order chi connectivity index (χ1) is 15.9. The third-order valence-electron chi connectivity index (χ3n) is 5.08. The highest BCUT2D eigenvalue weighted by Crippen LogP contribution is 2.32. The number of rotatable bonds is 7. The second kappa shape index (κ2) is 9.95. The van der Waals surface area contributed by atoms with Gasteiger partial charge in [0.05, 0.1) is 21.8 Å². The molecule has 0 aliphatic heterocycles. The summed E-state index contributed by atoms with van der Waals surface area (Å²) >= 11 is 8.96. The number of halogens is 1. The van der Waals surface area contributed by atoms with Gasteiger partial charge in [0, 0.05) is 17.5 Å². The zero-order valence-corrected chi connectivity index (χ0v) is 20.6. The Balaban J connectivity index is 1.63. The number of fused-ring (bicyclic) bond motifs is 1. The van der Waals surface area contributed by atoms with Gasteiger partial charge in [-0.1, -0.05) is 65.8 Å². The Bertz CT molecular complexity index is 1390. The van der Waals surface area contributed by atoms with E-state index in [9.17, 15) is 9.59 Å². The van der Waals surface area contributed by atoms with Crippen molar-refractivity contribution < 1.29 is 4.79 Å². The Morgan fingerprint density at radius 3 is 2.73 bits per heavy atom. The number of thioether (sulfide) groups is 1. The van der Waals surface area contributed by atoms with Crippen LogP contribution in [0.25, 0.3) is 21.3 Å². The van der Waals surface area contributed by atoms with Crippen LogP contribution < -0.4 is 10.9 Å². The maximum Gasteiger partial charge on any atom is 0.263 e. The number of hydrogen-bond donors (Lipinski definition) is 1. The molecule has 1 amide bonds. The predicted octanol–water partition coefficient (Wildman–Crippen LogP) is 6.31. The summed E-state index contributed by atoms with van der Waals surface area (Å²) in [6, 6.07) is 13.6. The lowest BCUT2D eigenvalue weighted by molar-refractivity contribution is -0.113. The van der Waals surface area contributed by atoms with Gasteiger partial charge in [0.25, 0.3) is 5.56 Å². The third-order valence-corrected chi connectivity index (χ3v) is 7.23. The van der Waals surface area contributed by atoms with E-state index in [2.05, 4.69) is 11.9 Å². The Morgan fingerprint density at radius 1 is 1.27 bits per heavy atom. The van der Waals surface area contributed by atoms with Gasteiger partial charge >= 0.3 is 0 Å². The van der Waals surface area contributed by atoms with Gasteiger partial charge in [0.15, 0.2) is 5.16 Å². The minimum Gasteiger partial charge on any atom is -0.324 e. The number of carbonyl (C=O) groups is 1. The zero-order chi connectivity index (χ0) is 23.5. The van der Waals surface area contributed by atoms with Crippen LogP contribution in [0.4, 0.5) is 5.69 Å². The SMILES string of the molecule is C=CCn1c(SCC(=O)Nc2c(C)cc(C)cc2Cl)nc2scc(-c3ccccc3)c2c1=O. The van der Waals surface area contributed by atoms with Crippen molar-refractivity contribution in [3.05, 3.63) is 87.0 Å². The molecule has 4 rings (SSSR count). The minimum atomic E-state index is -0.218. The van der Waals surface area contributed by atoms with Crippen LogP contribution in [-0.4, -0.2) is 21.2 Å². The highest BCUT2D eigenvalue weighted by molar-refractivity contribution is 7.99. The normalized spacial score (nSPS) is 11.0. The Labute approximate surface area is 205 Å². The lowest BCUT2D eigenvalue weighted by Gasteiger charge is -2.13. The molecule has 0 fully saturated rings. The van der Waals surface area contributed by atoms with Crippen molar-refractivity contribution in [2.24, 2.45) is 0 Å². The van der Waals surface area contributed by atoms with Crippen molar-refractivity contribution in [2.75, 3.05) is 11.1 Å². The molecular formula is C25H22ClN3O2S2. The van der Waals surface area contributed by atoms with Crippen LogP contribution in [0, 0.1) is 13.8 Å². The van der Waals surface area contributed by atoms with Crippen molar-refractivity contribution in [1.82, 2.24) is 9.55 Å². The Kier molecular flexibility index (Phi) is 7.02. The molecule has 0 unspecified atom stereocenters. The highest BCUT2D eigenvalue weighted by atomic mass is 35.5. The van der Waals surface area contributed by atoms with E-state index in [0.29, 0.717) is 32.6 Å². The third kappa shape index (κ3) is 4.90. The van der Waals surface area contributed by atoms with Gasteiger partial charge in [-0.2, -0.15) is 0 Å². The largest absolute Gasteiger partial charge is 0.324 e. The average molecular weight is 496 g/mol. The summed E-state index contributed by atoms with van der Waals surface area (Å²) in [5.74, 6) is -0.125. The fourth-order valence-electron chi connectivity index (χ4n) is 3.62. The molecule has 5 nitrogen and oxygen atoms in total. The number of nitrogens with zero attached hydrogens (tertiary/aromatic N) is 2. The molecule has 33 heavy (non-hydrogen) atoms. The fraction of sp³-hybridized carbons (Fsp3) is 0.160. The van der Waals surface area contributed by atoms with Crippen LogP contribution in [-0.2, 0) is 11.3 Å². The summed E-state index contributed by atoms with van der Waals surface area (Å²) in [5, 5.41) is 6.40. The molecule has 0 atom stereocenters. The first-order valence-electron chi connectivity index (χ1n) is 10.3. The molecule has 2 aromatic carbocycles. The maximum atomic E-state index is 13.4. The first kappa shape index (κ1) is 23.3. The van der Waals surface area contributed by atoms with E-state index in [-0.39, 0.29) is 17.2 Å². The maximum absolute atomic E-state index is 13.4. The molecule has 4 aromatic rings. The molecule has 0 aliphatic rings. The number of hydrogen-bond acceptors (Lipinski definition) is 5. The summed E-state index contributed by atoms with van der Waals surface area (Å²) in [5.41, 5.74) is 4.23. The van der Waals surface area contributed by atoms with Crippen molar-refractivity contribution in [2.45, 2.75) is 25.5 Å². The summed E-state index contributed by atoms with van der Waals surface area (Å²) in [7, 11) is 0. The molecule has 0 saturated heterocycles. The lowest BCUT2D eigenvalue weighted by atomic mass is 10.1. The number of nitrogens with one attached hydrogen (secondary N) is 1. The first-order valence-corrected chi connectivity index (χ1v) is 12.5. The number of aromatic nitrogens is 2. The second-order valence-electron chi connectivity index (χ2n) is 7.57. The van der Waals surface area contributed by atoms with Crippen molar-refractivity contribution >= 4 is 56.5 Å². The number of benzene rings is 2. The van der Waals surface area contributed by atoms with Gasteiger partial charge in [-0.3, -0.25) is 14.2 Å². The standard InChI is InChI=1S/C25H22ClN3O2S2/c1-4-10-29-24(31)21-18(17-8-6-5-7-9-17)13-32-23(21)28-25(29)33-14-20(30)27-22-16(3)11-15(2)12-19(22)26/h4-9,11-13H,1,10,14H2,2-3H3,(H,27,30). The van der Waals surface area contributed by atoms with Gasteiger partial charge in [-0.05, 0) is 36.6 Å². The second-order valence-corrected chi connectivity index (χ2v) is 9.78. The van der Waals surface area contributed by atoms with E-state index >= 15 is 0 Å². The number of aryl methyl sites for hydroxylation is 2. The molecule has 2 aromatic heterocycles. The van der Waals surface area contributed by atoms with Crippen molar-refractivity contribution in [3.63, 3.8) is 0 Å². The van der Waals surface area contributed by atoms with Gasteiger partial charge in [0.1, 0.15) is 4.83 Å². The monoisotopic (exact) mass is 495 g/mol. The summed E-state index contributed by atoms with van der Waals surface area (Å²) < 4.78 is 1.57. The lowest BCUT2D eigenvalue weighted by Crippen LogP contribution is -2.23. The molecule has 0 bridgehead atoms. The van der Waals surface area contributed by atoms with Gasteiger partial charge in [-0.25, -0.2) is 4.98 Å². The van der Waals surface area contributed by atoms with Crippen molar-refractivity contribution in [1.29, 1.82) is 0 Å². The molecule has 0 spiro atoms. The number of anilines is 1. The smallest absolute Gasteiger partial charge is 0.263 e. The van der Waals surface area contributed by atoms with Crippen LogP contribution in [0.2, 0.25) is 5.02 Å². The molecule has 2 heterocycles. The van der Waals surface area contributed by atoms with E-state index in [0.717, 1.165) is 22.3 Å². The number of allylic oxidation sites excluding steroid dienone is 1.